The van der Waals surface area contributed by atoms with E-state index in [2.05, 4.69) is 10.1 Å². The summed E-state index contributed by atoms with van der Waals surface area (Å²) in [7, 11) is -3.56. The van der Waals surface area contributed by atoms with E-state index in [-0.39, 0.29) is 10.8 Å². The summed E-state index contributed by atoms with van der Waals surface area (Å²) < 4.78 is 38.5. The number of furan rings is 1. The number of sulfonamides is 1. The first-order chi connectivity index (χ1) is 14.3. The fraction of sp³-hybridized carbons (Fsp3) is 0.273. The second-order valence-corrected chi connectivity index (χ2v) is 9.03. The quantitative estimate of drug-likeness (QED) is 0.441. The molecule has 2 heterocycles. The summed E-state index contributed by atoms with van der Waals surface area (Å²) in [5.74, 6) is 1.16. The van der Waals surface area contributed by atoms with Crippen LogP contribution in [0, 0.1) is 13.8 Å². The fourth-order valence-corrected chi connectivity index (χ4v) is 4.90. The lowest BCUT2D eigenvalue weighted by molar-refractivity contribution is 0.419. The zero-order chi connectivity index (χ0) is 21.5. The van der Waals surface area contributed by atoms with E-state index in [0.717, 1.165) is 16.7 Å². The summed E-state index contributed by atoms with van der Waals surface area (Å²) in [5.41, 5.74) is 3.31. The van der Waals surface area contributed by atoms with Crippen LogP contribution in [0.15, 0.2) is 56.3 Å². The Kier molecular flexibility index (Phi) is 5.21. The Morgan fingerprint density at radius 1 is 1.00 bits per heavy atom. The third-order valence-electron chi connectivity index (χ3n) is 5.18. The molecule has 2 aromatic heterocycles. The standard InChI is InChI=1S/C22H23N3O4S/c1-5-25(6-2)30(26,27)17-11-12-19-18(13-17)15(4)20(28-19)22-23-21(24-29-22)16-9-7-14(3)8-10-16/h7-13H,5-6H2,1-4H3. The van der Waals surface area contributed by atoms with Crippen LogP contribution in [0.4, 0.5) is 0 Å². The highest BCUT2D eigenvalue weighted by Crippen LogP contribution is 2.34. The molecular formula is C22H23N3O4S. The Morgan fingerprint density at radius 3 is 2.37 bits per heavy atom. The van der Waals surface area contributed by atoms with Crippen LogP contribution in [0.3, 0.4) is 0 Å². The van der Waals surface area contributed by atoms with Crippen LogP contribution in [0.25, 0.3) is 34.0 Å². The number of hydrogen-bond acceptors (Lipinski definition) is 6. The minimum absolute atomic E-state index is 0.236. The van der Waals surface area contributed by atoms with Gasteiger partial charge in [0.1, 0.15) is 5.58 Å². The van der Waals surface area contributed by atoms with E-state index >= 15 is 0 Å². The van der Waals surface area contributed by atoms with Gasteiger partial charge in [-0.25, -0.2) is 8.42 Å². The molecule has 0 saturated heterocycles. The first-order valence-electron chi connectivity index (χ1n) is 9.79. The van der Waals surface area contributed by atoms with Gasteiger partial charge in [-0.05, 0) is 32.0 Å². The molecule has 0 spiro atoms. The lowest BCUT2D eigenvalue weighted by Gasteiger charge is -2.18. The van der Waals surface area contributed by atoms with Crippen LogP contribution >= 0.6 is 0 Å². The van der Waals surface area contributed by atoms with Gasteiger partial charge in [0.05, 0.1) is 4.90 Å². The van der Waals surface area contributed by atoms with Crippen molar-refractivity contribution >= 4 is 21.0 Å². The van der Waals surface area contributed by atoms with Gasteiger partial charge in [-0.2, -0.15) is 9.29 Å². The van der Waals surface area contributed by atoms with Gasteiger partial charge in [0.15, 0.2) is 5.76 Å². The van der Waals surface area contributed by atoms with Crippen molar-refractivity contribution in [3.05, 3.63) is 53.6 Å². The third-order valence-corrected chi connectivity index (χ3v) is 7.23. The summed E-state index contributed by atoms with van der Waals surface area (Å²) in [6, 6.07) is 12.7. The Bertz CT molecular complexity index is 1300. The van der Waals surface area contributed by atoms with Gasteiger partial charge in [0, 0.05) is 29.6 Å². The summed E-state index contributed by atoms with van der Waals surface area (Å²) >= 11 is 0. The van der Waals surface area contributed by atoms with Gasteiger partial charge in [0.25, 0.3) is 5.89 Å². The van der Waals surface area contributed by atoms with E-state index in [9.17, 15) is 8.42 Å². The number of fused-ring (bicyclic) bond motifs is 1. The molecule has 0 aliphatic carbocycles. The predicted octanol–water partition coefficient (Wildman–Crippen LogP) is 4.80. The van der Waals surface area contributed by atoms with Gasteiger partial charge in [-0.1, -0.05) is 48.8 Å². The molecule has 8 heteroatoms. The molecule has 0 radical (unpaired) electrons. The van der Waals surface area contributed by atoms with Gasteiger partial charge in [-0.3, -0.25) is 0 Å². The second-order valence-electron chi connectivity index (χ2n) is 7.09. The maximum Gasteiger partial charge on any atom is 0.294 e. The molecule has 0 saturated carbocycles. The molecule has 7 nitrogen and oxygen atoms in total. The van der Waals surface area contributed by atoms with E-state index in [0.29, 0.717) is 35.6 Å². The van der Waals surface area contributed by atoms with E-state index in [4.69, 9.17) is 8.94 Å². The van der Waals surface area contributed by atoms with Gasteiger partial charge in [0.2, 0.25) is 15.8 Å². The minimum atomic E-state index is -3.56. The molecule has 4 aromatic rings. The first kappa shape index (κ1) is 20.3. The molecule has 0 aliphatic rings. The molecule has 0 bridgehead atoms. The molecule has 0 N–H and O–H groups in total. The molecule has 0 atom stereocenters. The van der Waals surface area contributed by atoms with Crippen molar-refractivity contribution in [3.8, 4) is 23.0 Å². The number of hydrogen-bond donors (Lipinski definition) is 0. The molecule has 2 aromatic carbocycles. The summed E-state index contributed by atoms with van der Waals surface area (Å²) in [5, 5.41) is 4.76. The zero-order valence-corrected chi connectivity index (χ0v) is 18.2. The number of aromatic nitrogens is 2. The lowest BCUT2D eigenvalue weighted by Crippen LogP contribution is -2.30. The van der Waals surface area contributed by atoms with E-state index in [1.807, 2.05) is 52.0 Å². The molecule has 0 amide bonds. The molecule has 0 unspecified atom stereocenters. The smallest absolute Gasteiger partial charge is 0.294 e. The van der Waals surface area contributed by atoms with Gasteiger partial charge in [-0.15, -0.1) is 0 Å². The van der Waals surface area contributed by atoms with Gasteiger partial charge < -0.3 is 8.94 Å². The highest BCUT2D eigenvalue weighted by Gasteiger charge is 2.24. The highest BCUT2D eigenvalue weighted by atomic mass is 32.2. The Hall–Kier alpha value is -2.97. The maximum absolute atomic E-state index is 12.9. The molecule has 0 aliphatic heterocycles. The van der Waals surface area contributed by atoms with Crippen molar-refractivity contribution in [3.63, 3.8) is 0 Å². The largest absolute Gasteiger partial charge is 0.451 e. The lowest BCUT2D eigenvalue weighted by atomic mass is 10.1. The second kappa shape index (κ2) is 7.70. The topological polar surface area (TPSA) is 89.4 Å². The van der Waals surface area contributed by atoms with E-state index in [1.165, 1.54) is 4.31 Å². The van der Waals surface area contributed by atoms with Crippen molar-refractivity contribution in [1.82, 2.24) is 14.4 Å². The Labute approximate surface area is 175 Å². The first-order valence-corrected chi connectivity index (χ1v) is 11.2. The van der Waals surface area contributed by atoms with Crippen molar-refractivity contribution in [2.75, 3.05) is 13.1 Å². The molecule has 156 valence electrons. The van der Waals surface area contributed by atoms with Crippen molar-refractivity contribution in [2.45, 2.75) is 32.6 Å². The van der Waals surface area contributed by atoms with Crippen molar-refractivity contribution in [2.24, 2.45) is 0 Å². The van der Waals surface area contributed by atoms with Crippen molar-refractivity contribution in [1.29, 1.82) is 0 Å². The third kappa shape index (κ3) is 3.42. The van der Waals surface area contributed by atoms with Crippen LogP contribution < -0.4 is 0 Å². The normalized spacial score (nSPS) is 12.2. The SMILES string of the molecule is CCN(CC)S(=O)(=O)c1ccc2oc(-c3nc(-c4ccc(C)cc4)no3)c(C)c2c1. The molecular weight excluding hydrogens is 402 g/mol. The monoisotopic (exact) mass is 425 g/mol. The molecule has 4 rings (SSSR count). The van der Waals surface area contributed by atoms with Crippen LogP contribution in [0.2, 0.25) is 0 Å². The number of benzene rings is 2. The van der Waals surface area contributed by atoms with E-state index in [1.54, 1.807) is 18.2 Å². The Morgan fingerprint density at radius 2 is 1.70 bits per heavy atom. The summed E-state index contributed by atoms with van der Waals surface area (Å²) in [6.07, 6.45) is 0. The van der Waals surface area contributed by atoms with Crippen LogP contribution in [0.1, 0.15) is 25.0 Å². The minimum Gasteiger partial charge on any atom is -0.451 e. The zero-order valence-electron chi connectivity index (χ0n) is 17.3. The fourth-order valence-electron chi connectivity index (χ4n) is 3.41. The van der Waals surface area contributed by atoms with Gasteiger partial charge >= 0.3 is 0 Å². The number of aryl methyl sites for hydroxylation is 2. The molecule has 0 fully saturated rings. The number of nitrogens with zero attached hydrogens (tertiary/aromatic N) is 3. The van der Waals surface area contributed by atoms with Crippen LogP contribution in [0.5, 0.6) is 0 Å². The predicted molar refractivity (Wildman–Crippen MR) is 115 cm³/mol. The average Bonchev–Trinajstić information content (AvgIpc) is 3.34. The van der Waals surface area contributed by atoms with Crippen LogP contribution in [-0.2, 0) is 10.0 Å². The molecule has 30 heavy (non-hydrogen) atoms. The van der Waals surface area contributed by atoms with E-state index < -0.39 is 10.0 Å². The van der Waals surface area contributed by atoms with Crippen molar-refractivity contribution < 1.29 is 17.4 Å². The summed E-state index contributed by atoms with van der Waals surface area (Å²) in [4.78, 5) is 4.70. The van der Waals surface area contributed by atoms with Crippen LogP contribution in [-0.4, -0.2) is 36.0 Å². The number of rotatable bonds is 6. The summed E-state index contributed by atoms with van der Waals surface area (Å²) in [6.45, 7) is 8.33. The average molecular weight is 426 g/mol. The maximum atomic E-state index is 12.9. The highest BCUT2D eigenvalue weighted by molar-refractivity contribution is 7.89. The Balaban J connectivity index is 1.75.